The molecule has 9 nitrogen and oxygen atoms in total. The van der Waals surface area contributed by atoms with Crippen molar-refractivity contribution in [1.29, 1.82) is 5.26 Å². The predicted octanol–water partition coefficient (Wildman–Crippen LogP) is 8.58. The number of Topliss-reactive ketones (excluding diaryl/α,β-unsaturated/α-hetero) is 1. The Morgan fingerprint density at radius 2 is 1.84 bits per heavy atom. The highest BCUT2D eigenvalue weighted by Crippen LogP contribution is 2.46. The number of rotatable bonds is 15. The molecule has 4 aromatic carbocycles. The molecule has 2 N–H and O–H groups in total. The minimum absolute atomic E-state index is 0.0662. The average molecular weight is 784 g/mol. The molecule has 284 valence electrons. The second-order valence-corrected chi connectivity index (χ2v) is 15.2. The lowest BCUT2D eigenvalue weighted by atomic mass is 9.96. The van der Waals surface area contributed by atoms with Crippen molar-refractivity contribution in [2.45, 2.75) is 63.6 Å². The molecule has 12 heteroatoms. The first kappa shape index (κ1) is 38.6. The number of benzene rings is 4. The van der Waals surface area contributed by atoms with Crippen LogP contribution < -0.4 is 19.5 Å². The summed E-state index contributed by atoms with van der Waals surface area (Å²) in [5, 5.41) is 23.2. The molecule has 1 saturated carbocycles. The van der Waals surface area contributed by atoms with E-state index >= 15 is 4.39 Å². The van der Waals surface area contributed by atoms with Crippen molar-refractivity contribution in [3.8, 4) is 34.4 Å². The molecule has 0 unspecified atom stereocenters. The smallest absolute Gasteiger partial charge is 0.188 e. The van der Waals surface area contributed by atoms with Crippen molar-refractivity contribution in [1.82, 2.24) is 10.2 Å². The first-order chi connectivity index (χ1) is 26.7. The van der Waals surface area contributed by atoms with E-state index in [-0.39, 0.29) is 41.6 Å². The van der Waals surface area contributed by atoms with Crippen molar-refractivity contribution < 1.29 is 28.5 Å². The quantitative estimate of drug-likeness (QED) is 0.0913. The Kier molecular flexibility index (Phi) is 12.2. The molecule has 0 amide bonds. The van der Waals surface area contributed by atoms with Crippen molar-refractivity contribution in [2.75, 3.05) is 32.8 Å². The first-order valence-corrected chi connectivity index (χ1v) is 19.3. The Balaban J connectivity index is 1.11. The Morgan fingerprint density at radius 1 is 1.02 bits per heavy atom. The van der Waals surface area contributed by atoms with Gasteiger partial charge in [-0.05, 0) is 77.9 Å². The van der Waals surface area contributed by atoms with Crippen LogP contribution >= 0.6 is 23.2 Å². The summed E-state index contributed by atoms with van der Waals surface area (Å²) < 4.78 is 34.8. The number of hydrogen-bond acceptors (Lipinski definition) is 8. The predicted molar refractivity (Wildman–Crippen MR) is 209 cm³/mol. The second kappa shape index (κ2) is 17.4. The summed E-state index contributed by atoms with van der Waals surface area (Å²) in [5.74, 6) is 1.81. The van der Waals surface area contributed by atoms with Gasteiger partial charge in [0.05, 0.1) is 35.4 Å². The van der Waals surface area contributed by atoms with Gasteiger partial charge in [-0.1, -0.05) is 53.5 Å². The summed E-state index contributed by atoms with van der Waals surface area (Å²) in [7, 11) is 0. The van der Waals surface area contributed by atoms with E-state index in [2.05, 4.69) is 21.1 Å². The van der Waals surface area contributed by atoms with E-state index in [1.807, 2.05) is 36.4 Å². The van der Waals surface area contributed by atoms with Crippen LogP contribution in [0.3, 0.4) is 0 Å². The molecule has 1 saturated heterocycles. The van der Waals surface area contributed by atoms with Gasteiger partial charge in [0.25, 0.3) is 0 Å². The Bertz CT molecular complexity index is 2110. The summed E-state index contributed by atoms with van der Waals surface area (Å²) in [5.41, 5.74) is 5.10. The van der Waals surface area contributed by atoms with Gasteiger partial charge >= 0.3 is 0 Å². The van der Waals surface area contributed by atoms with Gasteiger partial charge in [-0.3, -0.25) is 9.69 Å². The topological polar surface area (TPSA) is 108 Å². The number of carbonyl (C=O) groups excluding carboxylic acids is 1. The molecular formula is C43H41Cl2FN4O5. The van der Waals surface area contributed by atoms with Crippen molar-refractivity contribution in [3.63, 3.8) is 0 Å². The molecule has 3 atom stereocenters. The van der Waals surface area contributed by atoms with Gasteiger partial charge in [0.15, 0.2) is 11.8 Å². The highest BCUT2D eigenvalue weighted by Gasteiger charge is 2.37. The summed E-state index contributed by atoms with van der Waals surface area (Å²) in [4.78, 5) is 17.5. The molecular weight excluding hydrogens is 742 g/mol. The van der Waals surface area contributed by atoms with Crippen LogP contribution in [-0.2, 0) is 24.4 Å². The van der Waals surface area contributed by atoms with Crippen LogP contribution in [0.4, 0.5) is 10.1 Å². The molecule has 1 heterocycles. The van der Waals surface area contributed by atoms with E-state index in [9.17, 15) is 15.2 Å². The number of fused-ring (bicyclic) bond motifs is 1. The van der Waals surface area contributed by atoms with Gasteiger partial charge in [0.1, 0.15) is 35.8 Å². The number of aliphatic hydroxyl groups is 1. The number of β-amino-alcohol motifs (C(OH)–C–C–N with tert-alkyl or cyclic N) is 1. The van der Waals surface area contributed by atoms with E-state index in [4.69, 9.17) is 44.0 Å². The highest BCUT2D eigenvalue weighted by atomic mass is 35.5. The van der Waals surface area contributed by atoms with Crippen LogP contribution in [0.15, 0.2) is 66.7 Å². The minimum atomic E-state index is -1.37. The van der Waals surface area contributed by atoms with Gasteiger partial charge in [0.2, 0.25) is 0 Å². The number of nitrogens with one attached hydrogen (secondary N) is 1. The van der Waals surface area contributed by atoms with Crippen molar-refractivity contribution >= 4 is 34.7 Å². The second-order valence-electron chi connectivity index (χ2n) is 14.4. The largest absolute Gasteiger partial charge is 0.492 e. The van der Waals surface area contributed by atoms with E-state index < -0.39 is 12.3 Å². The number of hydrogen-bond donors (Lipinski definition) is 2. The van der Waals surface area contributed by atoms with Crippen LogP contribution in [0.2, 0.25) is 10.0 Å². The van der Waals surface area contributed by atoms with Crippen LogP contribution in [0.1, 0.15) is 59.6 Å². The first-order valence-electron chi connectivity index (χ1n) is 18.5. The van der Waals surface area contributed by atoms with Crippen LogP contribution in [0.25, 0.3) is 16.0 Å². The van der Waals surface area contributed by atoms with Crippen molar-refractivity contribution in [2.24, 2.45) is 5.92 Å². The summed E-state index contributed by atoms with van der Waals surface area (Å²) in [6.45, 7) is 11.2. The lowest BCUT2D eigenvalue weighted by Gasteiger charge is -2.35. The minimum Gasteiger partial charge on any atom is -0.492 e. The lowest BCUT2D eigenvalue weighted by Crippen LogP contribution is -2.50. The molecule has 0 spiro atoms. The molecule has 4 aromatic rings. The third-order valence-corrected chi connectivity index (χ3v) is 11.1. The van der Waals surface area contributed by atoms with Gasteiger partial charge in [-0.2, -0.15) is 5.26 Å². The van der Waals surface area contributed by atoms with E-state index in [1.165, 1.54) is 6.07 Å². The van der Waals surface area contributed by atoms with Gasteiger partial charge in [-0.25, -0.2) is 9.24 Å². The van der Waals surface area contributed by atoms with Gasteiger partial charge in [0, 0.05) is 68.2 Å². The Morgan fingerprint density at radius 3 is 2.60 bits per heavy atom. The molecule has 1 aliphatic heterocycles. The molecule has 3 aliphatic rings. The fourth-order valence-electron chi connectivity index (χ4n) is 7.61. The standard InChI is InChI=1S/C43H41Cl2FN4O5/c1-48-30-14-27(20-47)13-28(15-30)25-54-40-19-41(37(44)17-29(40)22-49-21-26-9-10-31(51)16-26)55-43-35-7-2-5-33(36(35)18-38(43)46)34-6-3-8-39(42(34)45)53-12-4-11-50-23-32(52)24-50/h2-3,5-8,13-15,17,19,26,32,38,43,49,52H,4,9-12,16,18,21-25H2/t26-,38-,43+/m0/s1. The van der Waals surface area contributed by atoms with Gasteiger partial charge < -0.3 is 24.6 Å². The highest BCUT2D eigenvalue weighted by molar-refractivity contribution is 6.35. The number of halogens is 3. The number of aliphatic hydroxyl groups excluding tert-OH is 1. The normalized spacial score (nSPS) is 19.4. The SMILES string of the molecule is [C-]#[N+]c1cc(C#N)cc(COc2cc(O[C@@H]3c4cccc(-c5cccc(OCCCN6CC(O)C6)c5Cl)c4C[C@@H]3F)c(Cl)cc2CNC[C@H]2CCC(=O)C2)c1. The summed E-state index contributed by atoms with van der Waals surface area (Å²) >= 11 is 13.8. The summed E-state index contributed by atoms with van der Waals surface area (Å²) in [6.07, 6.45) is 0.380. The maximum atomic E-state index is 16.1. The Hall–Kier alpha value is -4.68. The van der Waals surface area contributed by atoms with E-state index in [1.54, 1.807) is 24.3 Å². The summed E-state index contributed by atoms with van der Waals surface area (Å²) in [6, 6.07) is 21.6. The van der Waals surface area contributed by atoms with E-state index in [0.717, 1.165) is 41.6 Å². The Labute approximate surface area is 330 Å². The lowest BCUT2D eigenvalue weighted by molar-refractivity contribution is -0.117. The number of ether oxygens (including phenoxy) is 3. The zero-order chi connectivity index (χ0) is 38.5. The molecule has 0 radical (unpaired) electrons. The number of nitrogens with zero attached hydrogens (tertiary/aromatic N) is 3. The molecule has 2 aliphatic carbocycles. The zero-order valence-electron chi connectivity index (χ0n) is 30.2. The number of alkyl halides is 1. The maximum absolute atomic E-state index is 16.1. The number of carbonyl (C=O) groups is 1. The van der Waals surface area contributed by atoms with Gasteiger partial charge in [-0.15, -0.1) is 0 Å². The average Bonchev–Trinajstić information content (AvgIpc) is 3.74. The monoisotopic (exact) mass is 782 g/mol. The molecule has 0 aromatic heterocycles. The van der Waals surface area contributed by atoms with E-state index in [0.29, 0.717) is 84.5 Å². The molecule has 55 heavy (non-hydrogen) atoms. The number of ketones is 1. The van der Waals surface area contributed by atoms with Crippen LogP contribution in [0, 0.1) is 23.8 Å². The molecule has 0 bridgehead atoms. The van der Waals surface area contributed by atoms with Crippen LogP contribution in [-0.4, -0.2) is 60.9 Å². The van der Waals surface area contributed by atoms with Crippen LogP contribution in [0.5, 0.6) is 17.2 Å². The number of nitriles is 1. The third kappa shape index (κ3) is 9.07. The maximum Gasteiger partial charge on any atom is 0.188 e. The fraction of sp³-hybridized carbons (Fsp3) is 0.372. The fourth-order valence-corrected chi connectivity index (χ4v) is 8.12. The van der Waals surface area contributed by atoms with Crippen molar-refractivity contribution in [3.05, 3.63) is 116 Å². The third-order valence-electron chi connectivity index (χ3n) is 10.4. The number of likely N-dealkylation sites (tertiary alicyclic amines) is 1. The molecule has 2 fully saturated rings. The molecule has 7 rings (SSSR count). The zero-order valence-corrected chi connectivity index (χ0v) is 31.7.